The lowest BCUT2D eigenvalue weighted by molar-refractivity contribution is 0.0630. The number of halogens is 1. The molecule has 2 aromatic heterocycles. The maximum atomic E-state index is 13.0. The number of nitrogens with one attached hydrogen (secondary N) is 1. The zero-order valence-electron chi connectivity index (χ0n) is 14.2. The van der Waals surface area contributed by atoms with E-state index in [2.05, 4.69) is 32.6 Å². The van der Waals surface area contributed by atoms with Crippen LogP contribution in [0.15, 0.2) is 48.0 Å². The molecule has 4 rings (SSSR count). The average molecular weight is 387 g/mol. The Hall–Kier alpha value is -2.15. The summed E-state index contributed by atoms with van der Waals surface area (Å²) in [6.07, 6.45) is 1.62. The van der Waals surface area contributed by atoms with Gasteiger partial charge in [-0.2, -0.15) is 5.10 Å². The van der Waals surface area contributed by atoms with E-state index < -0.39 is 0 Å². The van der Waals surface area contributed by atoms with Crippen LogP contribution in [0, 0.1) is 0 Å². The molecule has 0 aliphatic carbocycles. The number of piperazine rings is 1. The van der Waals surface area contributed by atoms with E-state index in [1.54, 1.807) is 17.5 Å². The van der Waals surface area contributed by atoms with Crippen molar-refractivity contribution in [2.24, 2.45) is 0 Å². The van der Waals surface area contributed by atoms with Gasteiger partial charge in [0, 0.05) is 48.2 Å². The number of carbonyl (C=O) groups excluding carboxylic acids is 1. The molecule has 1 aromatic carbocycles. The number of H-pyrrole nitrogens is 1. The van der Waals surface area contributed by atoms with Gasteiger partial charge in [-0.1, -0.05) is 29.8 Å². The van der Waals surface area contributed by atoms with Gasteiger partial charge >= 0.3 is 0 Å². The van der Waals surface area contributed by atoms with Crippen molar-refractivity contribution in [2.45, 2.75) is 6.54 Å². The molecule has 1 fully saturated rings. The van der Waals surface area contributed by atoms with Crippen LogP contribution in [0.5, 0.6) is 0 Å². The minimum absolute atomic E-state index is 0.0273. The molecule has 0 saturated carbocycles. The Kier molecular flexibility index (Phi) is 5.06. The second-order valence-corrected chi connectivity index (χ2v) is 7.78. The number of rotatable bonds is 4. The zero-order valence-corrected chi connectivity index (χ0v) is 15.8. The molecule has 1 saturated heterocycles. The molecule has 0 spiro atoms. The zero-order chi connectivity index (χ0) is 17.9. The van der Waals surface area contributed by atoms with Crippen molar-refractivity contribution in [3.05, 3.63) is 63.4 Å². The van der Waals surface area contributed by atoms with Crippen LogP contribution in [0.1, 0.15) is 15.2 Å². The lowest BCUT2D eigenvalue weighted by Gasteiger charge is -2.34. The largest absolute Gasteiger partial charge is 0.336 e. The number of aromatic nitrogens is 2. The lowest BCUT2D eigenvalue weighted by atomic mass is 10.1. The van der Waals surface area contributed by atoms with Gasteiger partial charge in [0.2, 0.25) is 0 Å². The highest BCUT2D eigenvalue weighted by Crippen LogP contribution is 2.24. The Morgan fingerprint density at radius 3 is 2.62 bits per heavy atom. The van der Waals surface area contributed by atoms with Crippen molar-refractivity contribution < 1.29 is 4.79 Å². The number of aromatic amines is 1. The molecular weight excluding hydrogens is 368 g/mol. The van der Waals surface area contributed by atoms with Crippen molar-refractivity contribution in [1.82, 2.24) is 20.0 Å². The summed E-state index contributed by atoms with van der Waals surface area (Å²) in [6, 6.07) is 11.7. The normalized spacial score (nSPS) is 15.3. The minimum atomic E-state index is 0.0273. The number of nitrogens with zero attached hydrogens (tertiary/aromatic N) is 3. The fourth-order valence-electron chi connectivity index (χ4n) is 3.19. The molecule has 134 valence electrons. The topological polar surface area (TPSA) is 52.2 Å². The van der Waals surface area contributed by atoms with Crippen molar-refractivity contribution in [1.29, 1.82) is 0 Å². The van der Waals surface area contributed by atoms with Crippen LogP contribution < -0.4 is 0 Å². The number of hydrogen-bond donors (Lipinski definition) is 1. The molecule has 0 radical (unpaired) electrons. The molecule has 1 aliphatic rings. The van der Waals surface area contributed by atoms with Crippen molar-refractivity contribution >= 4 is 28.8 Å². The third-order valence-electron chi connectivity index (χ3n) is 4.62. The van der Waals surface area contributed by atoms with Crippen LogP contribution in [0.4, 0.5) is 0 Å². The van der Waals surface area contributed by atoms with E-state index in [4.69, 9.17) is 11.6 Å². The van der Waals surface area contributed by atoms with Gasteiger partial charge < -0.3 is 4.90 Å². The molecule has 3 heterocycles. The highest BCUT2D eigenvalue weighted by Gasteiger charge is 2.25. The molecular formula is C19H19ClN4OS. The lowest BCUT2D eigenvalue weighted by Crippen LogP contribution is -2.48. The van der Waals surface area contributed by atoms with Gasteiger partial charge in [-0.25, -0.2) is 0 Å². The molecule has 1 amide bonds. The second-order valence-electron chi connectivity index (χ2n) is 6.31. The van der Waals surface area contributed by atoms with Gasteiger partial charge in [0.1, 0.15) is 0 Å². The molecule has 0 bridgehead atoms. The molecule has 7 heteroatoms. The first kappa shape index (κ1) is 17.3. The summed E-state index contributed by atoms with van der Waals surface area (Å²) in [5.74, 6) is 0.0273. The SMILES string of the molecule is O=C(c1cn[nH]c1-c1ccc(Cl)cc1)N1CCN(Cc2cccs2)CC1. The van der Waals surface area contributed by atoms with Crippen LogP contribution in [0.25, 0.3) is 11.3 Å². The molecule has 26 heavy (non-hydrogen) atoms. The van der Waals surface area contributed by atoms with Crippen molar-refractivity contribution in [3.8, 4) is 11.3 Å². The Morgan fingerprint density at radius 2 is 1.92 bits per heavy atom. The monoisotopic (exact) mass is 386 g/mol. The number of amides is 1. The van der Waals surface area contributed by atoms with Crippen LogP contribution >= 0.6 is 22.9 Å². The number of thiophene rings is 1. The van der Waals surface area contributed by atoms with Crippen LogP contribution in [0.3, 0.4) is 0 Å². The third-order valence-corrected chi connectivity index (χ3v) is 5.73. The maximum absolute atomic E-state index is 13.0. The highest BCUT2D eigenvalue weighted by molar-refractivity contribution is 7.09. The van der Waals surface area contributed by atoms with E-state index in [0.717, 1.165) is 44.0 Å². The minimum Gasteiger partial charge on any atom is -0.336 e. The van der Waals surface area contributed by atoms with Gasteiger partial charge in [0.15, 0.2) is 0 Å². The predicted octanol–water partition coefficient (Wildman–Crippen LogP) is 3.75. The fourth-order valence-corrected chi connectivity index (χ4v) is 4.06. The van der Waals surface area contributed by atoms with Gasteiger partial charge in [0.05, 0.1) is 17.5 Å². The number of carbonyl (C=O) groups is 1. The van der Waals surface area contributed by atoms with Gasteiger partial charge in [0.25, 0.3) is 5.91 Å². The van der Waals surface area contributed by atoms with Gasteiger partial charge in [-0.05, 0) is 23.6 Å². The molecule has 0 unspecified atom stereocenters. The number of hydrogen-bond acceptors (Lipinski definition) is 4. The first-order chi connectivity index (χ1) is 12.7. The highest BCUT2D eigenvalue weighted by atomic mass is 35.5. The smallest absolute Gasteiger partial charge is 0.257 e. The summed E-state index contributed by atoms with van der Waals surface area (Å²) in [5.41, 5.74) is 2.26. The first-order valence-electron chi connectivity index (χ1n) is 8.54. The van der Waals surface area contributed by atoms with Gasteiger partial charge in [-0.3, -0.25) is 14.8 Å². The summed E-state index contributed by atoms with van der Waals surface area (Å²) >= 11 is 7.73. The van der Waals surface area contributed by atoms with E-state index in [9.17, 15) is 4.79 Å². The van der Waals surface area contributed by atoms with Crippen molar-refractivity contribution in [3.63, 3.8) is 0 Å². The standard InChI is InChI=1S/C19H19ClN4OS/c20-15-5-3-14(4-6-15)18-17(12-21-22-18)19(25)24-9-7-23(8-10-24)13-16-2-1-11-26-16/h1-6,11-12H,7-10,13H2,(H,21,22). The fraction of sp³-hybridized carbons (Fsp3) is 0.263. The summed E-state index contributed by atoms with van der Waals surface area (Å²) in [5, 5.41) is 9.81. The van der Waals surface area contributed by atoms with Crippen LogP contribution in [0.2, 0.25) is 5.02 Å². The van der Waals surface area contributed by atoms with E-state index in [1.807, 2.05) is 29.2 Å². The number of benzene rings is 1. The Balaban J connectivity index is 1.43. The van der Waals surface area contributed by atoms with Crippen LogP contribution in [-0.4, -0.2) is 52.1 Å². The van der Waals surface area contributed by atoms with E-state index in [-0.39, 0.29) is 5.91 Å². The Bertz CT molecular complexity index is 867. The predicted molar refractivity (Wildman–Crippen MR) is 105 cm³/mol. The van der Waals surface area contributed by atoms with E-state index >= 15 is 0 Å². The van der Waals surface area contributed by atoms with E-state index in [0.29, 0.717) is 10.6 Å². The van der Waals surface area contributed by atoms with Crippen LogP contribution in [-0.2, 0) is 6.54 Å². The summed E-state index contributed by atoms with van der Waals surface area (Å²) in [6.45, 7) is 4.20. The third kappa shape index (κ3) is 3.67. The second kappa shape index (κ2) is 7.61. The summed E-state index contributed by atoms with van der Waals surface area (Å²) in [4.78, 5) is 18.6. The van der Waals surface area contributed by atoms with E-state index in [1.165, 1.54) is 4.88 Å². The average Bonchev–Trinajstić information content (AvgIpc) is 3.34. The summed E-state index contributed by atoms with van der Waals surface area (Å²) < 4.78 is 0. The Morgan fingerprint density at radius 1 is 1.15 bits per heavy atom. The molecule has 5 nitrogen and oxygen atoms in total. The van der Waals surface area contributed by atoms with Gasteiger partial charge in [-0.15, -0.1) is 11.3 Å². The molecule has 0 atom stereocenters. The molecule has 1 N–H and O–H groups in total. The quantitative estimate of drug-likeness (QED) is 0.743. The first-order valence-corrected chi connectivity index (χ1v) is 9.80. The van der Waals surface area contributed by atoms with Crippen molar-refractivity contribution in [2.75, 3.05) is 26.2 Å². The maximum Gasteiger partial charge on any atom is 0.257 e. The Labute approximate surface area is 161 Å². The summed E-state index contributed by atoms with van der Waals surface area (Å²) in [7, 11) is 0. The molecule has 3 aromatic rings. The molecule has 1 aliphatic heterocycles.